The molecule has 4 nitrogen and oxygen atoms in total. The third-order valence-electron chi connectivity index (χ3n) is 3.84. The average molecular weight is 350 g/mol. The average Bonchev–Trinajstić information content (AvgIpc) is 2.62. The Bertz CT molecular complexity index is 627. The van der Waals surface area contributed by atoms with Crippen LogP contribution in [0.1, 0.15) is 24.5 Å². The van der Waals surface area contributed by atoms with Crippen molar-refractivity contribution < 1.29 is 14.6 Å². The lowest BCUT2D eigenvalue weighted by molar-refractivity contribution is 0.238. The number of rotatable bonds is 9. The van der Waals surface area contributed by atoms with E-state index < -0.39 is 0 Å². The number of hydrogen-bond acceptors (Lipinski definition) is 4. The van der Waals surface area contributed by atoms with Gasteiger partial charge in [0.25, 0.3) is 0 Å². The largest absolute Gasteiger partial charge is 0.493 e. The first-order chi connectivity index (χ1) is 11.7. The van der Waals surface area contributed by atoms with Crippen molar-refractivity contribution >= 4 is 11.6 Å². The lowest BCUT2D eigenvalue weighted by Gasteiger charge is -2.16. The number of ether oxygens (including phenoxy) is 2. The monoisotopic (exact) mass is 349 g/mol. The zero-order valence-electron chi connectivity index (χ0n) is 14.1. The molecule has 0 heterocycles. The highest BCUT2D eigenvalue weighted by Gasteiger charge is 2.08. The van der Waals surface area contributed by atoms with Crippen LogP contribution in [0.5, 0.6) is 11.5 Å². The normalized spacial score (nSPS) is 12.0. The highest BCUT2D eigenvalue weighted by molar-refractivity contribution is 6.30. The van der Waals surface area contributed by atoms with Crippen molar-refractivity contribution in [2.45, 2.75) is 32.5 Å². The smallest absolute Gasteiger partial charge is 0.161 e. The first-order valence-electron chi connectivity index (χ1n) is 8.04. The molecule has 0 amide bonds. The van der Waals surface area contributed by atoms with Crippen LogP contribution in [0.4, 0.5) is 0 Å². The summed E-state index contributed by atoms with van der Waals surface area (Å²) < 4.78 is 11.3. The Balaban J connectivity index is 1.99. The number of methoxy groups -OCH3 is 1. The Hall–Kier alpha value is -1.75. The Labute approximate surface area is 148 Å². The maximum Gasteiger partial charge on any atom is 0.161 e. The SMILES string of the molecule is CC[C@H](CO)NCc1ccc(OCc2ccc(Cl)cc2)c(OC)c1. The van der Waals surface area contributed by atoms with Crippen LogP contribution < -0.4 is 14.8 Å². The van der Waals surface area contributed by atoms with Gasteiger partial charge in [-0.2, -0.15) is 0 Å². The summed E-state index contributed by atoms with van der Waals surface area (Å²) in [5.74, 6) is 1.39. The lowest BCUT2D eigenvalue weighted by atomic mass is 10.1. The molecule has 0 aliphatic rings. The molecule has 24 heavy (non-hydrogen) atoms. The second-order valence-electron chi connectivity index (χ2n) is 5.57. The first kappa shape index (κ1) is 18.6. The molecule has 0 fully saturated rings. The van der Waals surface area contributed by atoms with Crippen molar-refractivity contribution in [1.29, 1.82) is 0 Å². The standard InChI is InChI=1S/C19H24ClNO3/c1-3-17(12-22)21-11-15-6-9-18(19(10-15)23-2)24-13-14-4-7-16(20)8-5-14/h4-10,17,21-22H,3,11-13H2,1-2H3/t17-/m1/s1. The number of aliphatic hydroxyl groups excluding tert-OH is 1. The summed E-state index contributed by atoms with van der Waals surface area (Å²) in [6, 6.07) is 13.5. The molecule has 2 rings (SSSR count). The predicted octanol–water partition coefficient (Wildman–Crippen LogP) is 3.79. The zero-order valence-corrected chi connectivity index (χ0v) is 14.8. The van der Waals surface area contributed by atoms with E-state index in [4.69, 9.17) is 21.1 Å². The summed E-state index contributed by atoms with van der Waals surface area (Å²) in [7, 11) is 1.63. The van der Waals surface area contributed by atoms with Crippen LogP contribution in [-0.2, 0) is 13.2 Å². The van der Waals surface area contributed by atoms with Crippen LogP contribution in [0, 0.1) is 0 Å². The molecule has 0 unspecified atom stereocenters. The summed E-state index contributed by atoms with van der Waals surface area (Å²) in [6.07, 6.45) is 0.885. The number of benzene rings is 2. The highest BCUT2D eigenvalue weighted by Crippen LogP contribution is 2.29. The minimum Gasteiger partial charge on any atom is -0.493 e. The van der Waals surface area contributed by atoms with Crippen LogP contribution in [0.15, 0.2) is 42.5 Å². The fraction of sp³-hybridized carbons (Fsp3) is 0.368. The Morgan fingerprint density at radius 2 is 1.79 bits per heavy atom. The second kappa shape index (κ2) is 9.52. The van der Waals surface area contributed by atoms with Crippen molar-refractivity contribution in [2.75, 3.05) is 13.7 Å². The van der Waals surface area contributed by atoms with Crippen LogP contribution in [-0.4, -0.2) is 24.9 Å². The van der Waals surface area contributed by atoms with Crippen molar-refractivity contribution in [3.8, 4) is 11.5 Å². The summed E-state index contributed by atoms with van der Waals surface area (Å²) in [4.78, 5) is 0. The molecule has 2 N–H and O–H groups in total. The van der Waals surface area contributed by atoms with Gasteiger partial charge in [0, 0.05) is 17.6 Å². The van der Waals surface area contributed by atoms with Crippen molar-refractivity contribution in [1.82, 2.24) is 5.32 Å². The molecule has 0 spiro atoms. The Kier molecular flexibility index (Phi) is 7.37. The summed E-state index contributed by atoms with van der Waals surface area (Å²) in [6.45, 7) is 3.30. The molecule has 1 atom stereocenters. The maximum absolute atomic E-state index is 9.23. The molecule has 2 aromatic carbocycles. The molecule has 5 heteroatoms. The van der Waals surface area contributed by atoms with Gasteiger partial charge in [0.05, 0.1) is 13.7 Å². The third kappa shape index (κ3) is 5.41. The zero-order chi connectivity index (χ0) is 17.4. The minimum absolute atomic E-state index is 0.108. The van der Waals surface area contributed by atoms with Gasteiger partial charge in [0.2, 0.25) is 0 Å². The molecule has 0 aliphatic carbocycles. The molecule has 0 radical (unpaired) electrons. The summed E-state index contributed by atoms with van der Waals surface area (Å²) in [5, 5.41) is 13.2. The summed E-state index contributed by atoms with van der Waals surface area (Å²) in [5.41, 5.74) is 2.12. The molecule has 2 aromatic rings. The molecule has 0 aromatic heterocycles. The minimum atomic E-state index is 0.108. The Morgan fingerprint density at radius 3 is 2.42 bits per heavy atom. The summed E-state index contributed by atoms with van der Waals surface area (Å²) >= 11 is 5.88. The van der Waals surface area contributed by atoms with E-state index in [1.807, 2.05) is 49.4 Å². The first-order valence-corrected chi connectivity index (χ1v) is 8.42. The van der Waals surface area contributed by atoms with Gasteiger partial charge in [-0.15, -0.1) is 0 Å². The number of hydrogen-bond donors (Lipinski definition) is 2. The third-order valence-corrected chi connectivity index (χ3v) is 4.10. The maximum atomic E-state index is 9.23. The van der Waals surface area contributed by atoms with Gasteiger partial charge < -0.3 is 19.9 Å². The van der Waals surface area contributed by atoms with Gasteiger partial charge in [-0.25, -0.2) is 0 Å². The second-order valence-corrected chi connectivity index (χ2v) is 6.01. The van der Waals surface area contributed by atoms with Crippen LogP contribution in [0.2, 0.25) is 5.02 Å². The number of halogens is 1. The van der Waals surface area contributed by atoms with Gasteiger partial charge >= 0.3 is 0 Å². The molecule has 0 saturated heterocycles. The highest BCUT2D eigenvalue weighted by atomic mass is 35.5. The number of aliphatic hydroxyl groups is 1. The van der Waals surface area contributed by atoms with Gasteiger partial charge in [-0.3, -0.25) is 0 Å². The lowest BCUT2D eigenvalue weighted by Crippen LogP contribution is -2.31. The van der Waals surface area contributed by atoms with Crippen LogP contribution >= 0.6 is 11.6 Å². The molecule has 0 saturated carbocycles. The van der Waals surface area contributed by atoms with E-state index in [0.29, 0.717) is 29.7 Å². The van der Waals surface area contributed by atoms with E-state index in [9.17, 15) is 5.11 Å². The Morgan fingerprint density at radius 1 is 1.08 bits per heavy atom. The quantitative estimate of drug-likeness (QED) is 0.723. The fourth-order valence-corrected chi connectivity index (χ4v) is 2.41. The molecular weight excluding hydrogens is 326 g/mol. The number of nitrogens with one attached hydrogen (secondary N) is 1. The van der Waals surface area contributed by atoms with E-state index in [1.54, 1.807) is 7.11 Å². The van der Waals surface area contributed by atoms with Gasteiger partial charge in [-0.05, 0) is 41.8 Å². The van der Waals surface area contributed by atoms with Gasteiger partial charge in [-0.1, -0.05) is 36.7 Å². The van der Waals surface area contributed by atoms with Gasteiger partial charge in [0.1, 0.15) is 6.61 Å². The van der Waals surface area contributed by atoms with Crippen LogP contribution in [0.3, 0.4) is 0 Å². The van der Waals surface area contributed by atoms with Crippen molar-refractivity contribution in [3.05, 3.63) is 58.6 Å². The van der Waals surface area contributed by atoms with Gasteiger partial charge in [0.15, 0.2) is 11.5 Å². The van der Waals surface area contributed by atoms with Crippen LogP contribution in [0.25, 0.3) is 0 Å². The topological polar surface area (TPSA) is 50.7 Å². The van der Waals surface area contributed by atoms with E-state index in [0.717, 1.165) is 17.5 Å². The molecule has 0 bridgehead atoms. The predicted molar refractivity (Wildman–Crippen MR) is 96.8 cm³/mol. The molecule has 130 valence electrons. The molecular formula is C19H24ClNO3. The molecule has 0 aliphatic heterocycles. The van der Waals surface area contributed by atoms with E-state index in [2.05, 4.69) is 5.32 Å². The fourth-order valence-electron chi connectivity index (χ4n) is 2.28. The van der Waals surface area contributed by atoms with E-state index in [1.165, 1.54) is 0 Å². The van der Waals surface area contributed by atoms with E-state index >= 15 is 0 Å². The van der Waals surface area contributed by atoms with E-state index in [-0.39, 0.29) is 12.6 Å². The van der Waals surface area contributed by atoms with Crippen molar-refractivity contribution in [2.24, 2.45) is 0 Å². The van der Waals surface area contributed by atoms with Crippen molar-refractivity contribution in [3.63, 3.8) is 0 Å².